The Kier molecular flexibility index (Phi) is 4.99. The van der Waals surface area contributed by atoms with Gasteiger partial charge in [-0.1, -0.05) is 0 Å². The Hall–Kier alpha value is -2.78. The maximum Gasteiger partial charge on any atom is 0.180 e. The molecule has 29 heavy (non-hydrogen) atoms. The molecule has 4 aromatic rings. The van der Waals surface area contributed by atoms with E-state index >= 15 is 0 Å². The Morgan fingerprint density at radius 1 is 1.17 bits per heavy atom. The SMILES string of the molecule is Cn1cc(-c2cnc3c(Nc4cc(C5CCCNCCC5)ns4)nccn23)cn1. The van der Waals surface area contributed by atoms with Crippen LogP contribution in [0.2, 0.25) is 0 Å². The maximum atomic E-state index is 4.74. The van der Waals surface area contributed by atoms with E-state index in [4.69, 9.17) is 4.37 Å². The van der Waals surface area contributed by atoms with Gasteiger partial charge < -0.3 is 10.6 Å². The van der Waals surface area contributed by atoms with Crippen molar-refractivity contribution in [3.63, 3.8) is 0 Å². The van der Waals surface area contributed by atoms with Crippen molar-refractivity contribution in [2.75, 3.05) is 18.4 Å². The van der Waals surface area contributed by atoms with Crippen molar-refractivity contribution in [3.8, 4) is 11.3 Å². The summed E-state index contributed by atoms with van der Waals surface area (Å²) >= 11 is 1.50. The number of hydrogen-bond acceptors (Lipinski definition) is 7. The molecule has 2 N–H and O–H groups in total. The molecule has 0 spiro atoms. The summed E-state index contributed by atoms with van der Waals surface area (Å²) in [6.07, 6.45) is 14.2. The predicted molar refractivity (Wildman–Crippen MR) is 115 cm³/mol. The van der Waals surface area contributed by atoms with E-state index in [0.29, 0.717) is 5.92 Å². The van der Waals surface area contributed by atoms with Gasteiger partial charge in [-0.05, 0) is 56.4 Å². The molecule has 1 aliphatic heterocycles. The third-order valence-corrected chi connectivity index (χ3v) is 6.15. The number of fused-ring (bicyclic) bond motifs is 1. The smallest absolute Gasteiger partial charge is 0.180 e. The number of nitrogens with one attached hydrogen (secondary N) is 2. The van der Waals surface area contributed by atoms with Crippen LogP contribution in [0.5, 0.6) is 0 Å². The lowest BCUT2D eigenvalue weighted by Crippen LogP contribution is -2.20. The van der Waals surface area contributed by atoms with Crippen LogP contribution in [0.15, 0.2) is 37.1 Å². The van der Waals surface area contributed by atoms with Gasteiger partial charge in [0.25, 0.3) is 0 Å². The van der Waals surface area contributed by atoms with Crippen LogP contribution in [0.4, 0.5) is 10.8 Å². The number of nitrogens with zero attached hydrogens (tertiary/aromatic N) is 6. The molecule has 1 saturated heterocycles. The van der Waals surface area contributed by atoms with Crippen molar-refractivity contribution >= 4 is 28.0 Å². The molecule has 5 heterocycles. The summed E-state index contributed by atoms with van der Waals surface area (Å²) < 4.78 is 8.57. The van der Waals surface area contributed by atoms with E-state index in [0.717, 1.165) is 40.8 Å². The standard InChI is InChI=1S/C20H24N8S/c1-27-13-15(11-24-27)17-12-23-20-19(22-8-9-28(17)20)25-18-10-16(26-29-18)14-4-2-6-21-7-3-5-14/h8-14,21H,2-7H2,1H3,(H,22,25). The van der Waals surface area contributed by atoms with E-state index in [-0.39, 0.29) is 0 Å². The maximum absolute atomic E-state index is 4.74. The van der Waals surface area contributed by atoms with E-state index < -0.39 is 0 Å². The number of aromatic nitrogens is 6. The lowest BCUT2D eigenvalue weighted by Gasteiger charge is -2.18. The molecule has 0 saturated carbocycles. The molecule has 0 aliphatic carbocycles. The fraction of sp³-hybridized carbons (Fsp3) is 0.400. The van der Waals surface area contributed by atoms with Crippen molar-refractivity contribution < 1.29 is 0 Å². The first-order valence-corrected chi connectivity index (χ1v) is 10.8. The highest BCUT2D eigenvalue weighted by atomic mass is 32.1. The number of rotatable bonds is 4. The molecule has 9 heteroatoms. The zero-order chi connectivity index (χ0) is 19.6. The molecule has 0 bridgehead atoms. The second-order valence-electron chi connectivity index (χ2n) is 7.49. The fourth-order valence-corrected chi connectivity index (χ4v) is 4.66. The third-order valence-electron chi connectivity index (χ3n) is 5.43. The molecular formula is C20H24N8S. The van der Waals surface area contributed by atoms with Crippen LogP contribution in [0.1, 0.15) is 37.3 Å². The molecule has 4 aromatic heterocycles. The van der Waals surface area contributed by atoms with Gasteiger partial charge in [-0.25, -0.2) is 9.97 Å². The number of aryl methyl sites for hydroxylation is 1. The van der Waals surface area contributed by atoms with E-state index in [9.17, 15) is 0 Å². The van der Waals surface area contributed by atoms with Crippen molar-refractivity contribution in [1.29, 1.82) is 0 Å². The van der Waals surface area contributed by atoms with E-state index in [2.05, 4.69) is 31.8 Å². The van der Waals surface area contributed by atoms with E-state index in [1.807, 2.05) is 36.2 Å². The minimum Gasteiger partial charge on any atom is -0.328 e. The molecule has 150 valence electrons. The summed E-state index contributed by atoms with van der Waals surface area (Å²) in [6.45, 7) is 2.22. The number of anilines is 2. The van der Waals surface area contributed by atoms with Gasteiger partial charge in [0.05, 0.1) is 23.8 Å². The molecule has 1 aliphatic rings. The average molecular weight is 409 g/mol. The second-order valence-corrected chi connectivity index (χ2v) is 8.29. The summed E-state index contributed by atoms with van der Waals surface area (Å²) in [5.41, 5.74) is 4.01. The first-order valence-electron chi connectivity index (χ1n) is 10.0. The highest BCUT2D eigenvalue weighted by Crippen LogP contribution is 2.32. The van der Waals surface area contributed by atoms with Crippen LogP contribution in [-0.4, -0.2) is 41.6 Å². The third kappa shape index (κ3) is 3.75. The minimum absolute atomic E-state index is 0.552. The number of hydrogen-bond donors (Lipinski definition) is 2. The van der Waals surface area contributed by atoms with Gasteiger partial charge in [0.2, 0.25) is 0 Å². The first-order chi connectivity index (χ1) is 14.3. The molecule has 0 atom stereocenters. The lowest BCUT2D eigenvalue weighted by atomic mass is 9.93. The highest BCUT2D eigenvalue weighted by Gasteiger charge is 2.18. The Morgan fingerprint density at radius 2 is 2.03 bits per heavy atom. The normalized spacial score (nSPS) is 16.0. The van der Waals surface area contributed by atoms with Crippen LogP contribution < -0.4 is 10.6 Å². The Balaban J connectivity index is 1.39. The molecule has 0 aromatic carbocycles. The Labute approximate surface area is 173 Å². The Bertz CT molecular complexity index is 1100. The first kappa shape index (κ1) is 18.3. The molecule has 5 rings (SSSR count). The highest BCUT2D eigenvalue weighted by molar-refractivity contribution is 7.10. The summed E-state index contributed by atoms with van der Waals surface area (Å²) in [4.78, 5) is 9.12. The van der Waals surface area contributed by atoms with Gasteiger partial charge >= 0.3 is 0 Å². The van der Waals surface area contributed by atoms with Gasteiger partial charge in [0, 0.05) is 37.1 Å². The topological polar surface area (TPSA) is 85.0 Å². The largest absolute Gasteiger partial charge is 0.328 e. The zero-order valence-electron chi connectivity index (χ0n) is 16.4. The van der Waals surface area contributed by atoms with Crippen molar-refractivity contribution in [2.24, 2.45) is 7.05 Å². The van der Waals surface area contributed by atoms with Crippen LogP contribution in [0.3, 0.4) is 0 Å². The Morgan fingerprint density at radius 3 is 2.83 bits per heavy atom. The van der Waals surface area contributed by atoms with E-state index in [1.54, 1.807) is 10.9 Å². The molecule has 0 radical (unpaired) electrons. The van der Waals surface area contributed by atoms with Gasteiger partial charge in [0.1, 0.15) is 5.00 Å². The lowest BCUT2D eigenvalue weighted by molar-refractivity contribution is 0.462. The molecule has 8 nitrogen and oxygen atoms in total. The molecule has 1 fully saturated rings. The van der Waals surface area contributed by atoms with Crippen LogP contribution in [0.25, 0.3) is 16.9 Å². The molecule has 0 unspecified atom stereocenters. The van der Waals surface area contributed by atoms with Gasteiger partial charge in [0.15, 0.2) is 11.5 Å². The fourth-order valence-electron chi connectivity index (χ4n) is 3.94. The summed E-state index contributed by atoms with van der Waals surface area (Å²) in [7, 11) is 1.91. The zero-order valence-corrected chi connectivity index (χ0v) is 17.2. The predicted octanol–water partition coefficient (Wildman–Crippen LogP) is 3.58. The van der Waals surface area contributed by atoms with Crippen LogP contribution >= 0.6 is 11.5 Å². The van der Waals surface area contributed by atoms with Crippen LogP contribution in [-0.2, 0) is 7.05 Å². The van der Waals surface area contributed by atoms with Gasteiger partial charge in [-0.15, -0.1) is 0 Å². The monoisotopic (exact) mass is 408 g/mol. The van der Waals surface area contributed by atoms with Gasteiger partial charge in [-0.3, -0.25) is 9.08 Å². The molecule has 0 amide bonds. The summed E-state index contributed by atoms with van der Waals surface area (Å²) in [5, 5.41) is 12.2. The molecular weight excluding hydrogens is 384 g/mol. The quantitative estimate of drug-likeness (QED) is 0.537. The summed E-state index contributed by atoms with van der Waals surface area (Å²) in [5.74, 6) is 1.29. The average Bonchev–Trinajstić information content (AvgIpc) is 3.41. The van der Waals surface area contributed by atoms with E-state index in [1.165, 1.54) is 42.9 Å². The summed E-state index contributed by atoms with van der Waals surface area (Å²) in [6, 6.07) is 2.18. The van der Waals surface area contributed by atoms with Crippen molar-refractivity contribution in [1.82, 2.24) is 33.8 Å². The number of imidazole rings is 1. The van der Waals surface area contributed by atoms with Crippen LogP contribution in [0, 0.1) is 0 Å². The van der Waals surface area contributed by atoms with Crippen molar-refractivity contribution in [2.45, 2.75) is 31.6 Å². The van der Waals surface area contributed by atoms with Gasteiger partial charge in [-0.2, -0.15) is 9.47 Å². The van der Waals surface area contributed by atoms with Crippen molar-refractivity contribution in [3.05, 3.63) is 42.7 Å². The minimum atomic E-state index is 0.552. The second kappa shape index (κ2) is 7.92.